The third-order valence-electron chi connectivity index (χ3n) is 12.8. The number of hydrogen-bond acceptors (Lipinski definition) is 7. The number of allylic oxidation sites excluding steroid dienone is 1. The zero-order valence-electron chi connectivity index (χ0n) is 26.3. The number of carbonyl (C=O) groups excluding carboxylic acids is 2. The van der Waals surface area contributed by atoms with Gasteiger partial charge in [0.2, 0.25) is 0 Å². The minimum Gasteiger partial charge on any atom is -0.472 e. The molecule has 4 fully saturated rings. The maximum absolute atomic E-state index is 13.5. The van der Waals surface area contributed by atoms with E-state index in [1.807, 2.05) is 36.6 Å². The Morgan fingerprint density at radius 3 is 2.52 bits per heavy atom. The molecule has 3 saturated carbocycles. The van der Waals surface area contributed by atoms with E-state index in [0.717, 1.165) is 24.8 Å². The summed E-state index contributed by atoms with van der Waals surface area (Å²) in [6.07, 6.45) is 10.0. The summed E-state index contributed by atoms with van der Waals surface area (Å²) in [6.45, 7) is 10.7. The molecule has 1 saturated heterocycles. The first-order valence-corrected chi connectivity index (χ1v) is 16.1. The van der Waals surface area contributed by atoms with Crippen LogP contribution in [0.15, 0.2) is 71.1 Å². The number of fused-ring (bicyclic) bond motifs is 4. The highest BCUT2D eigenvalue weighted by Crippen LogP contribution is 2.75. The normalized spacial score (nSPS) is 44.0. The standard InChI is InChI=1S/C37H44O7/c1-22(38)43-28-19-29(44-30(39)14-11-23-9-7-6-8-10-23)37(5)27-15-17-34(2)25(24-16-18-41-20-24)12-13-26(34)36(27,4)33(40)31-32(37)35(28,3)21-42-31/h6-11,13-14,16,18,20,25,27-29,31-33,40H,12,15,17,19,21H2,1-5H3/t25-,27-,28+,29-,31+,32-,33+,34-,35+,36-,37-/m0/s1. The van der Waals surface area contributed by atoms with Gasteiger partial charge < -0.3 is 23.7 Å². The fourth-order valence-corrected chi connectivity index (χ4v) is 10.9. The minimum absolute atomic E-state index is 0.0175. The first-order valence-electron chi connectivity index (χ1n) is 16.1. The second-order valence-electron chi connectivity index (χ2n) is 14.8. The lowest BCUT2D eigenvalue weighted by Gasteiger charge is -2.69. The van der Waals surface area contributed by atoms with Crippen LogP contribution in [0.25, 0.3) is 6.08 Å². The molecule has 0 radical (unpaired) electrons. The quantitative estimate of drug-likeness (QED) is 0.239. The Bertz CT molecular complexity index is 1490. The molecule has 7 rings (SSSR count). The lowest BCUT2D eigenvalue weighted by Crippen LogP contribution is -2.73. The number of furan rings is 1. The second-order valence-corrected chi connectivity index (χ2v) is 14.8. The summed E-state index contributed by atoms with van der Waals surface area (Å²) in [5.74, 6) is -0.669. The lowest BCUT2D eigenvalue weighted by atomic mass is 9.36. The number of aliphatic hydroxyl groups is 1. The van der Waals surface area contributed by atoms with Gasteiger partial charge in [-0.3, -0.25) is 4.79 Å². The van der Waals surface area contributed by atoms with E-state index in [1.165, 1.54) is 24.1 Å². The number of benzene rings is 1. The molecule has 1 aromatic carbocycles. The number of rotatable bonds is 5. The molecule has 2 heterocycles. The Morgan fingerprint density at radius 2 is 1.82 bits per heavy atom. The summed E-state index contributed by atoms with van der Waals surface area (Å²) in [7, 11) is 0. The Morgan fingerprint density at radius 1 is 1.05 bits per heavy atom. The summed E-state index contributed by atoms with van der Waals surface area (Å²) >= 11 is 0. The molecule has 0 amide bonds. The average molecular weight is 601 g/mol. The Labute approximate surface area is 259 Å². The van der Waals surface area contributed by atoms with Crippen LogP contribution in [0.1, 0.15) is 77.3 Å². The van der Waals surface area contributed by atoms with Crippen LogP contribution in [0.4, 0.5) is 0 Å². The summed E-state index contributed by atoms with van der Waals surface area (Å²) < 4.78 is 24.5. The minimum atomic E-state index is -0.758. The topological polar surface area (TPSA) is 95.2 Å². The Kier molecular flexibility index (Phi) is 6.84. The molecule has 11 atom stereocenters. The van der Waals surface area contributed by atoms with Gasteiger partial charge in [0.1, 0.15) is 12.2 Å². The molecule has 5 aliphatic rings. The number of carbonyl (C=O) groups is 2. The van der Waals surface area contributed by atoms with E-state index in [1.54, 1.807) is 12.3 Å². The van der Waals surface area contributed by atoms with Gasteiger partial charge in [-0.1, -0.05) is 69.7 Å². The summed E-state index contributed by atoms with van der Waals surface area (Å²) in [6, 6.07) is 11.7. The molecule has 44 heavy (non-hydrogen) atoms. The van der Waals surface area contributed by atoms with Crippen molar-refractivity contribution in [1.82, 2.24) is 0 Å². The highest BCUT2D eigenvalue weighted by atomic mass is 16.6. The Balaban J connectivity index is 1.30. The third kappa shape index (κ3) is 4.00. The molecule has 0 bridgehead atoms. The van der Waals surface area contributed by atoms with E-state index in [0.29, 0.717) is 13.0 Å². The van der Waals surface area contributed by atoms with Crippen LogP contribution in [0, 0.1) is 33.5 Å². The molecule has 4 aliphatic carbocycles. The first-order chi connectivity index (χ1) is 20.9. The van der Waals surface area contributed by atoms with Crippen molar-refractivity contribution in [2.24, 2.45) is 33.5 Å². The molecule has 7 heteroatoms. The van der Waals surface area contributed by atoms with E-state index in [-0.39, 0.29) is 29.1 Å². The molecule has 2 aromatic rings. The highest BCUT2D eigenvalue weighted by molar-refractivity contribution is 5.87. The van der Waals surface area contributed by atoms with Gasteiger partial charge >= 0.3 is 11.9 Å². The summed E-state index contributed by atoms with van der Waals surface area (Å²) in [4.78, 5) is 25.8. The van der Waals surface area contributed by atoms with Crippen LogP contribution in [-0.2, 0) is 23.8 Å². The van der Waals surface area contributed by atoms with Crippen LogP contribution in [0.5, 0.6) is 0 Å². The predicted molar refractivity (Wildman–Crippen MR) is 164 cm³/mol. The monoisotopic (exact) mass is 600 g/mol. The van der Waals surface area contributed by atoms with E-state index in [4.69, 9.17) is 18.6 Å². The van der Waals surface area contributed by atoms with Crippen LogP contribution in [0.2, 0.25) is 0 Å². The largest absolute Gasteiger partial charge is 0.472 e. The van der Waals surface area contributed by atoms with Gasteiger partial charge in [-0.2, -0.15) is 0 Å². The van der Waals surface area contributed by atoms with E-state index in [9.17, 15) is 14.7 Å². The number of ether oxygens (including phenoxy) is 3. The van der Waals surface area contributed by atoms with Gasteiger partial charge in [-0.05, 0) is 59.8 Å². The van der Waals surface area contributed by atoms with Crippen molar-refractivity contribution in [1.29, 1.82) is 0 Å². The molecule has 7 nitrogen and oxygen atoms in total. The summed E-state index contributed by atoms with van der Waals surface area (Å²) in [5, 5.41) is 12.4. The zero-order chi connectivity index (χ0) is 31.1. The van der Waals surface area contributed by atoms with Gasteiger partial charge in [0, 0.05) is 41.6 Å². The van der Waals surface area contributed by atoms with Crippen LogP contribution in [0.3, 0.4) is 0 Å². The SMILES string of the molecule is CC(=O)O[C@@H]1C[C@H](OC(=O)C=Cc2ccccc2)[C@@]2(C)[C@H]3[C@@H](OC[C@]13C)[C@@H](O)[C@@]1(C)C3=CC[C@@H](c4ccoc4)[C@]3(C)CC[C@@H]12. The molecular weight excluding hydrogens is 556 g/mol. The average Bonchev–Trinajstić information content (AvgIpc) is 3.72. The van der Waals surface area contributed by atoms with E-state index in [2.05, 4.69) is 39.8 Å². The van der Waals surface area contributed by atoms with E-state index < -0.39 is 46.6 Å². The smallest absolute Gasteiger partial charge is 0.331 e. The summed E-state index contributed by atoms with van der Waals surface area (Å²) in [5.41, 5.74) is 1.60. The Hall–Kier alpha value is -3.16. The number of aliphatic hydroxyl groups excluding tert-OH is 1. The van der Waals surface area contributed by atoms with Crippen molar-refractivity contribution in [3.63, 3.8) is 0 Å². The van der Waals surface area contributed by atoms with Crippen molar-refractivity contribution >= 4 is 18.0 Å². The zero-order valence-corrected chi connectivity index (χ0v) is 26.3. The van der Waals surface area contributed by atoms with Crippen molar-refractivity contribution in [3.05, 3.63) is 77.8 Å². The van der Waals surface area contributed by atoms with Gasteiger partial charge in [0.05, 0.1) is 31.3 Å². The van der Waals surface area contributed by atoms with Crippen molar-refractivity contribution < 1.29 is 33.3 Å². The van der Waals surface area contributed by atoms with Crippen LogP contribution < -0.4 is 0 Å². The van der Waals surface area contributed by atoms with Gasteiger partial charge in [0.15, 0.2) is 0 Å². The molecular formula is C37H44O7. The highest BCUT2D eigenvalue weighted by Gasteiger charge is 2.77. The fourth-order valence-electron chi connectivity index (χ4n) is 10.9. The molecule has 0 unspecified atom stereocenters. The fraction of sp³-hybridized carbons (Fsp3) is 0.568. The molecule has 0 spiro atoms. The maximum Gasteiger partial charge on any atom is 0.331 e. The molecule has 1 aliphatic heterocycles. The van der Waals surface area contributed by atoms with Gasteiger partial charge in [0.25, 0.3) is 0 Å². The van der Waals surface area contributed by atoms with Crippen molar-refractivity contribution in [2.45, 2.75) is 90.6 Å². The number of esters is 2. The van der Waals surface area contributed by atoms with Crippen LogP contribution in [-0.4, -0.2) is 48.1 Å². The predicted octanol–water partition coefficient (Wildman–Crippen LogP) is 6.48. The molecule has 234 valence electrons. The van der Waals surface area contributed by atoms with Gasteiger partial charge in [-0.25, -0.2) is 4.79 Å². The third-order valence-corrected chi connectivity index (χ3v) is 12.8. The number of hydrogen-bond donors (Lipinski definition) is 1. The van der Waals surface area contributed by atoms with Crippen molar-refractivity contribution in [2.75, 3.05) is 6.61 Å². The van der Waals surface area contributed by atoms with E-state index >= 15 is 0 Å². The second kappa shape index (κ2) is 10.2. The molecule has 1 N–H and O–H groups in total. The molecule has 1 aromatic heterocycles. The maximum atomic E-state index is 13.5. The lowest BCUT2D eigenvalue weighted by molar-refractivity contribution is -0.262. The van der Waals surface area contributed by atoms with Crippen LogP contribution >= 0.6 is 0 Å². The van der Waals surface area contributed by atoms with Crippen molar-refractivity contribution in [3.8, 4) is 0 Å². The van der Waals surface area contributed by atoms with Gasteiger partial charge in [-0.15, -0.1) is 0 Å². The first kappa shape index (κ1) is 29.5.